The highest BCUT2D eigenvalue weighted by Crippen LogP contribution is 2.48. The summed E-state index contributed by atoms with van der Waals surface area (Å²) in [5.41, 5.74) is 1.14. The molecule has 4 rings (SSSR count). The Morgan fingerprint density at radius 1 is 0.947 bits per heavy atom. The van der Waals surface area contributed by atoms with Crippen molar-refractivity contribution in [1.82, 2.24) is 4.90 Å². The first-order chi connectivity index (χ1) is 9.38. The van der Waals surface area contributed by atoms with E-state index in [4.69, 9.17) is 0 Å². The summed E-state index contributed by atoms with van der Waals surface area (Å²) in [6.45, 7) is 1.24. The largest absolute Gasteiger partial charge is 0.411 e. The molecule has 5 atom stereocenters. The van der Waals surface area contributed by atoms with Crippen molar-refractivity contribution < 1.29 is 5.21 Å². The van der Waals surface area contributed by atoms with Crippen molar-refractivity contribution in [3.05, 3.63) is 0 Å². The van der Waals surface area contributed by atoms with E-state index < -0.39 is 0 Å². The zero-order valence-electron chi connectivity index (χ0n) is 11.8. The van der Waals surface area contributed by atoms with Gasteiger partial charge in [0.05, 0.1) is 11.8 Å². The lowest BCUT2D eigenvalue weighted by molar-refractivity contribution is 0.0305. The maximum Gasteiger partial charge on any atom is 0.0775 e. The van der Waals surface area contributed by atoms with Crippen LogP contribution < -0.4 is 0 Å². The Morgan fingerprint density at radius 3 is 2.68 bits per heavy atom. The van der Waals surface area contributed by atoms with Crippen LogP contribution in [0.3, 0.4) is 0 Å². The van der Waals surface area contributed by atoms with Gasteiger partial charge in [-0.25, -0.2) is 0 Å². The number of oxime groups is 1. The van der Waals surface area contributed by atoms with Crippen LogP contribution in [-0.4, -0.2) is 34.4 Å². The minimum atomic E-state index is 0.495. The molecule has 0 aromatic carbocycles. The van der Waals surface area contributed by atoms with Crippen molar-refractivity contribution >= 4 is 5.71 Å². The van der Waals surface area contributed by atoms with Gasteiger partial charge in [-0.15, -0.1) is 0 Å². The van der Waals surface area contributed by atoms with E-state index in [1.165, 1.54) is 64.3 Å². The van der Waals surface area contributed by atoms with Crippen LogP contribution in [0.25, 0.3) is 0 Å². The minimum Gasteiger partial charge on any atom is -0.411 e. The van der Waals surface area contributed by atoms with Gasteiger partial charge in [-0.2, -0.15) is 0 Å². The van der Waals surface area contributed by atoms with Gasteiger partial charge in [0.2, 0.25) is 0 Å². The van der Waals surface area contributed by atoms with Gasteiger partial charge < -0.3 is 5.21 Å². The van der Waals surface area contributed by atoms with Crippen LogP contribution in [0.5, 0.6) is 0 Å². The first-order valence-corrected chi connectivity index (χ1v) is 8.36. The molecule has 0 aromatic heterocycles. The second-order valence-electron chi connectivity index (χ2n) is 7.23. The van der Waals surface area contributed by atoms with Gasteiger partial charge in [-0.3, -0.25) is 4.90 Å². The van der Waals surface area contributed by atoms with Crippen molar-refractivity contribution in [2.75, 3.05) is 6.54 Å². The molecule has 4 fully saturated rings. The monoisotopic (exact) mass is 262 g/mol. The van der Waals surface area contributed by atoms with Gasteiger partial charge in [0, 0.05) is 12.0 Å². The summed E-state index contributed by atoms with van der Waals surface area (Å²) < 4.78 is 0. The fraction of sp³-hybridized carbons (Fsp3) is 0.938. The van der Waals surface area contributed by atoms with E-state index in [9.17, 15) is 5.21 Å². The number of hydrogen-bond acceptors (Lipinski definition) is 3. The zero-order valence-corrected chi connectivity index (χ0v) is 11.8. The van der Waals surface area contributed by atoms with E-state index in [0.717, 1.165) is 23.6 Å². The van der Waals surface area contributed by atoms with Crippen LogP contribution in [0, 0.1) is 17.8 Å². The number of rotatable bonds is 1. The topological polar surface area (TPSA) is 35.8 Å². The molecule has 0 amide bonds. The Bertz CT molecular complexity index is 379. The Hall–Kier alpha value is -0.570. The minimum absolute atomic E-state index is 0.495. The zero-order chi connectivity index (χ0) is 12.8. The third kappa shape index (κ3) is 1.84. The van der Waals surface area contributed by atoms with E-state index in [-0.39, 0.29) is 0 Å². The van der Waals surface area contributed by atoms with Crippen molar-refractivity contribution in [3.63, 3.8) is 0 Å². The highest BCUT2D eigenvalue weighted by molar-refractivity contribution is 5.94. The van der Waals surface area contributed by atoms with Crippen molar-refractivity contribution in [3.8, 4) is 0 Å². The maximum atomic E-state index is 9.45. The average molecular weight is 262 g/mol. The third-order valence-electron chi connectivity index (χ3n) is 6.40. The lowest BCUT2D eigenvalue weighted by Gasteiger charge is -2.48. The van der Waals surface area contributed by atoms with Crippen LogP contribution in [-0.2, 0) is 0 Å². The first-order valence-electron chi connectivity index (χ1n) is 8.36. The highest BCUT2D eigenvalue weighted by Gasteiger charge is 2.50. The SMILES string of the molecule is O/N=C1/[C@H]2CC[C@H](C2)[C@H]1N1CCC[C@@H]2CCCC[C@H]21. The molecule has 3 nitrogen and oxygen atoms in total. The first kappa shape index (κ1) is 12.2. The number of likely N-dealkylation sites (tertiary alicyclic amines) is 1. The number of fused-ring (bicyclic) bond motifs is 3. The summed E-state index contributed by atoms with van der Waals surface area (Å²) >= 11 is 0. The van der Waals surface area contributed by atoms with Crippen LogP contribution in [0.15, 0.2) is 5.16 Å². The molecule has 3 aliphatic carbocycles. The summed E-state index contributed by atoms with van der Waals surface area (Å²) in [6.07, 6.45) is 12.4. The molecular formula is C16H26N2O. The van der Waals surface area contributed by atoms with Gasteiger partial charge in [-0.1, -0.05) is 18.0 Å². The Balaban J connectivity index is 1.60. The fourth-order valence-electron chi connectivity index (χ4n) is 5.64. The van der Waals surface area contributed by atoms with Gasteiger partial charge in [0.1, 0.15) is 0 Å². The Labute approximate surface area is 116 Å². The Kier molecular flexibility index (Phi) is 3.06. The van der Waals surface area contributed by atoms with Crippen LogP contribution in [0.2, 0.25) is 0 Å². The highest BCUT2D eigenvalue weighted by atomic mass is 16.4. The molecule has 1 N–H and O–H groups in total. The average Bonchev–Trinajstić information content (AvgIpc) is 3.07. The maximum absolute atomic E-state index is 9.45. The van der Waals surface area contributed by atoms with Gasteiger partial charge >= 0.3 is 0 Å². The van der Waals surface area contributed by atoms with Crippen LogP contribution in [0.1, 0.15) is 57.8 Å². The van der Waals surface area contributed by atoms with Gasteiger partial charge in [0.25, 0.3) is 0 Å². The van der Waals surface area contributed by atoms with Crippen LogP contribution >= 0.6 is 0 Å². The second kappa shape index (κ2) is 4.76. The number of hydrogen-bond donors (Lipinski definition) is 1. The van der Waals surface area contributed by atoms with E-state index >= 15 is 0 Å². The summed E-state index contributed by atoms with van der Waals surface area (Å²) in [7, 11) is 0. The second-order valence-corrected chi connectivity index (χ2v) is 7.23. The molecule has 1 heterocycles. The molecule has 0 spiro atoms. The lowest BCUT2D eigenvalue weighted by Crippen LogP contribution is -2.55. The molecule has 3 saturated carbocycles. The molecule has 2 bridgehead atoms. The molecule has 3 heteroatoms. The fourth-order valence-corrected chi connectivity index (χ4v) is 5.64. The standard InChI is InChI=1S/C16H26N2O/c19-17-15-12-7-8-13(10-12)16(15)18-9-3-5-11-4-1-2-6-14(11)18/h11-14,16,19H,1-10H2/b17-15-/t11-,12-,13+,14+,16+/m0/s1. The van der Waals surface area contributed by atoms with E-state index in [2.05, 4.69) is 10.1 Å². The molecule has 0 aromatic rings. The molecular weight excluding hydrogens is 236 g/mol. The Morgan fingerprint density at radius 2 is 1.79 bits per heavy atom. The van der Waals surface area contributed by atoms with Crippen molar-refractivity contribution in [2.45, 2.75) is 69.9 Å². The molecule has 1 aliphatic heterocycles. The van der Waals surface area contributed by atoms with Gasteiger partial charge in [0.15, 0.2) is 0 Å². The molecule has 0 radical (unpaired) electrons. The molecule has 0 unspecified atom stereocenters. The smallest absolute Gasteiger partial charge is 0.0775 e. The quantitative estimate of drug-likeness (QED) is 0.581. The van der Waals surface area contributed by atoms with Crippen molar-refractivity contribution in [2.24, 2.45) is 22.9 Å². The van der Waals surface area contributed by atoms with E-state index in [0.29, 0.717) is 12.0 Å². The summed E-state index contributed by atoms with van der Waals surface area (Å²) in [5, 5.41) is 13.2. The summed E-state index contributed by atoms with van der Waals surface area (Å²) in [6, 6.07) is 1.29. The molecule has 106 valence electrons. The van der Waals surface area contributed by atoms with E-state index in [1.807, 2.05) is 0 Å². The predicted molar refractivity (Wildman–Crippen MR) is 75.5 cm³/mol. The lowest BCUT2D eigenvalue weighted by atomic mass is 9.76. The van der Waals surface area contributed by atoms with Crippen LogP contribution in [0.4, 0.5) is 0 Å². The predicted octanol–water partition coefficient (Wildman–Crippen LogP) is 3.27. The van der Waals surface area contributed by atoms with E-state index in [1.54, 1.807) is 0 Å². The normalized spacial score (nSPS) is 48.6. The molecule has 1 saturated heterocycles. The molecule has 19 heavy (non-hydrogen) atoms. The van der Waals surface area contributed by atoms with Gasteiger partial charge in [-0.05, 0) is 63.3 Å². The van der Waals surface area contributed by atoms with Crippen molar-refractivity contribution in [1.29, 1.82) is 0 Å². The molecule has 4 aliphatic rings. The summed E-state index contributed by atoms with van der Waals surface area (Å²) in [4.78, 5) is 2.77. The third-order valence-corrected chi connectivity index (χ3v) is 6.40. The number of nitrogens with zero attached hydrogens (tertiary/aromatic N) is 2. The summed E-state index contributed by atoms with van der Waals surface area (Å²) in [5.74, 6) is 2.32. The number of piperidine rings is 1.